The molecule has 1 aliphatic heterocycles. The van der Waals surface area contributed by atoms with E-state index in [9.17, 15) is 4.39 Å². The quantitative estimate of drug-likeness (QED) is 0.804. The maximum absolute atomic E-state index is 13.0. The first-order valence-corrected chi connectivity index (χ1v) is 5.39. The van der Waals surface area contributed by atoms with Crippen molar-refractivity contribution in [3.8, 4) is 0 Å². The SMILES string of the molecule is NC1CNCC1c1cc(F)ccc1Br. The highest BCUT2D eigenvalue weighted by Gasteiger charge is 2.26. The predicted octanol–water partition coefficient (Wildman–Crippen LogP) is 1.60. The summed E-state index contributed by atoms with van der Waals surface area (Å²) in [5.41, 5.74) is 6.88. The Hall–Kier alpha value is -0.450. The first-order chi connectivity index (χ1) is 6.68. The van der Waals surface area contributed by atoms with Crippen LogP contribution in [0.1, 0.15) is 11.5 Å². The van der Waals surface area contributed by atoms with Crippen LogP contribution in [0.4, 0.5) is 4.39 Å². The van der Waals surface area contributed by atoms with Crippen LogP contribution in [-0.2, 0) is 0 Å². The van der Waals surface area contributed by atoms with Crippen molar-refractivity contribution in [1.82, 2.24) is 5.32 Å². The monoisotopic (exact) mass is 258 g/mol. The maximum atomic E-state index is 13.0. The van der Waals surface area contributed by atoms with E-state index in [4.69, 9.17) is 5.73 Å². The number of hydrogen-bond acceptors (Lipinski definition) is 2. The van der Waals surface area contributed by atoms with E-state index in [2.05, 4.69) is 21.2 Å². The molecule has 1 saturated heterocycles. The zero-order chi connectivity index (χ0) is 10.1. The van der Waals surface area contributed by atoms with Gasteiger partial charge < -0.3 is 11.1 Å². The maximum Gasteiger partial charge on any atom is 0.123 e. The highest BCUT2D eigenvalue weighted by Crippen LogP contribution is 2.29. The second kappa shape index (κ2) is 3.96. The molecule has 0 amide bonds. The summed E-state index contributed by atoms with van der Waals surface area (Å²) in [5.74, 6) is 0.00220. The zero-order valence-corrected chi connectivity index (χ0v) is 9.22. The topological polar surface area (TPSA) is 38.0 Å². The van der Waals surface area contributed by atoms with Crippen molar-refractivity contribution in [3.63, 3.8) is 0 Å². The summed E-state index contributed by atoms with van der Waals surface area (Å²) in [5, 5.41) is 3.20. The number of hydrogen-bond donors (Lipinski definition) is 2. The van der Waals surface area contributed by atoms with Crippen molar-refractivity contribution in [2.75, 3.05) is 13.1 Å². The van der Waals surface area contributed by atoms with Gasteiger partial charge in [0.25, 0.3) is 0 Å². The lowest BCUT2D eigenvalue weighted by molar-refractivity contribution is 0.609. The Kier molecular flexibility index (Phi) is 2.85. The molecule has 2 atom stereocenters. The van der Waals surface area contributed by atoms with Gasteiger partial charge in [0.1, 0.15) is 5.82 Å². The van der Waals surface area contributed by atoms with Crippen LogP contribution in [-0.4, -0.2) is 19.1 Å². The van der Waals surface area contributed by atoms with Gasteiger partial charge in [0.15, 0.2) is 0 Å². The van der Waals surface area contributed by atoms with Crippen molar-refractivity contribution in [2.45, 2.75) is 12.0 Å². The fraction of sp³-hybridized carbons (Fsp3) is 0.400. The molecule has 0 aromatic heterocycles. The molecule has 1 heterocycles. The number of halogens is 2. The Labute approximate surface area is 90.8 Å². The number of benzene rings is 1. The van der Waals surface area contributed by atoms with Gasteiger partial charge in [0, 0.05) is 29.5 Å². The van der Waals surface area contributed by atoms with E-state index < -0.39 is 0 Å². The normalized spacial score (nSPS) is 26.8. The van der Waals surface area contributed by atoms with E-state index >= 15 is 0 Å². The molecule has 4 heteroatoms. The molecule has 14 heavy (non-hydrogen) atoms. The van der Waals surface area contributed by atoms with Gasteiger partial charge in [-0.1, -0.05) is 15.9 Å². The van der Waals surface area contributed by atoms with E-state index in [-0.39, 0.29) is 17.8 Å². The third-order valence-corrected chi connectivity index (χ3v) is 3.34. The van der Waals surface area contributed by atoms with E-state index in [1.807, 2.05) is 0 Å². The number of rotatable bonds is 1. The van der Waals surface area contributed by atoms with Gasteiger partial charge in [0.2, 0.25) is 0 Å². The molecule has 0 radical (unpaired) electrons. The van der Waals surface area contributed by atoms with Crippen LogP contribution in [0.2, 0.25) is 0 Å². The highest BCUT2D eigenvalue weighted by molar-refractivity contribution is 9.10. The van der Waals surface area contributed by atoms with Crippen molar-refractivity contribution in [1.29, 1.82) is 0 Å². The summed E-state index contributed by atoms with van der Waals surface area (Å²) in [6.07, 6.45) is 0. The average Bonchev–Trinajstić information content (AvgIpc) is 2.56. The van der Waals surface area contributed by atoms with E-state index in [1.165, 1.54) is 6.07 Å². The summed E-state index contributed by atoms with van der Waals surface area (Å²) in [6.45, 7) is 1.62. The van der Waals surface area contributed by atoms with Gasteiger partial charge in [-0.15, -0.1) is 0 Å². The number of nitrogens with one attached hydrogen (secondary N) is 1. The Morgan fingerprint density at radius 3 is 2.86 bits per heavy atom. The van der Waals surface area contributed by atoms with Gasteiger partial charge in [-0.25, -0.2) is 4.39 Å². The Bertz CT molecular complexity index is 343. The molecule has 2 nitrogen and oxygen atoms in total. The molecule has 1 aromatic carbocycles. The average molecular weight is 259 g/mol. The van der Waals surface area contributed by atoms with Gasteiger partial charge >= 0.3 is 0 Å². The Balaban J connectivity index is 2.34. The number of nitrogens with two attached hydrogens (primary N) is 1. The van der Waals surface area contributed by atoms with Crippen LogP contribution in [0, 0.1) is 5.82 Å². The summed E-state index contributed by atoms with van der Waals surface area (Å²) >= 11 is 3.42. The zero-order valence-electron chi connectivity index (χ0n) is 7.63. The van der Waals surface area contributed by atoms with Crippen LogP contribution in [0.15, 0.2) is 22.7 Å². The molecule has 0 spiro atoms. The van der Waals surface area contributed by atoms with Crippen LogP contribution >= 0.6 is 15.9 Å². The smallest absolute Gasteiger partial charge is 0.123 e. The Morgan fingerprint density at radius 2 is 2.21 bits per heavy atom. The molecule has 0 saturated carbocycles. The third-order valence-electron chi connectivity index (χ3n) is 2.62. The fourth-order valence-electron chi connectivity index (χ4n) is 1.84. The second-order valence-corrected chi connectivity index (χ2v) is 4.45. The van der Waals surface area contributed by atoms with E-state index in [1.54, 1.807) is 12.1 Å². The summed E-state index contributed by atoms with van der Waals surface area (Å²) in [4.78, 5) is 0. The molecule has 0 aliphatic carbocycles. The first-order valence-electron chi connectivity index (χ1n) is 4.59. The minimum absolute atomic E-state index is 0.0769. The lowest BCUT2D eigenvalue weighted by atomic mass is 9.95. The van der Waals surface area contributed by atoms with Crippen molar-refractivity contribution in [3.05, 3.63) is 34.1 Å². The van der Waals surface area contributed by atoms with Crippen molar-refractivity contribution in [2.24, 2.45) is 5.73 Å². The van der Waals surface area contributed by atoms with Crippen molar-refractivity contribution < 1.29 is 4.39 Å². The summed E-state index contributed by atoms with van der Waals surface area (Å²) in [6, 6.07) is 4.81. The summed E-state index contributed by atoms with van der Waals surface area (Å²) < 4.78 is 14.0. The van der Waals surface area contributed by atoms with Gasteiger partial charge in [-0.05, 0) is 23.8 Å². The molecule has 3 N–H and O–H groups in total. The molecule has 2 unspecified atom stereocenters. The fourth-order valence-corrected chi connectivity index (χ4v) is 2.38. The molecule has 1 aromatic rings. The molecule has 1 fully saturated rings. The van der Waals surface area contributed by atoms with Gasteiger partial charge in [0.05, 0.1) is 0 Å². The van der Waals surface area contributed by atoms with Crippen LogP contribution in [0.25, 0.3) is 0 Å². The lowest BCUT2D eigenvalue weighted by Gasteiger charge is -2.16. The first kappa shape index (κ1) is 10.1. The molecule has 2 rings (SSSR count). The van der Waals surface area contributed by atoms with E-state index in [0.717, 1.165) is 23.1 Å². The standard InChI is InChI=1S/C10H12BrFN2/c11-9-2-1-6(12)3-7(9)8-4-14-5-10(8)13/h1-3,8,10,14H,4-5,13H2. The molecular weight excluding hydrogens is 247 g/mol. The van der Waals surface area contributed by atoms with E-state index in [0.29, 0.717) is 0 Å². The molecule has 0 bridgehead atoms. The molecule has 1 aliphatic rings. The van der Waals surface area contributed by atoms with Gasteiger partial charge in [-0.2, -0.15) is 0 Å². The van der Waals surface area contributed by atoms with Crippen LogP contribution < -0.4 is 11.1 Å². The summed E-state index contributed by atoms with van der Waals surface area (Å²) in [7, 11) is 0. The van der Waals surface area contributed by atoms with Gasteiger partial charge in [-0.3, -0.25) is 0 Å². The largest absolute Gasteiger partial charge is 0.326 e. The van der Waals surface area contributed by atoms with Crippen molar-refractivity contribution >= 4 is 15.9 Å². The predicted molar refractivity (Wildman–Crippen MR) is 57.7 cm³/mol. The van der Waals surface area contributed by atoms with Crippen LogP contribution in [0.5, 0.6) is 0 Å². The third kappa shape index (κ3) is 1.82. The minimum Gasteiger partial charge on any atom is -0.326 e. The molecular formula is C10H12BrFN2. The Morgan fingerprint density at radius 1 is 1.43 bits per heavy atom. The highest BCUT2D eigenvalue weighted by atomic mass is 79.9. The lowest BCUT2D eigenvalue weighted by Crippen LogP contribution is -2.27. The minimum atomic E-state index is -0.206. The molecule has 76 valence electrons. The second-order valence-electron chi connectivity index (χ2n) is 3.59. The van der Waals surface area contributed by atoms with Crippen LogP contribution in [0.3, 0.4) is 0 Å².